The Morgan fingerprint density at radius 3 is 2.65 bits per heavy atom. The fraction of sp³-hybridized carbons (Fsp3) is 0.160. The Hall–Kier alpha value is -4.27. The molecule has 1 unspecified atom stereocenters. The average molecular weight is 462 g/mol. The van der Waals surface area contributed by atoms with Gasteiger partial charge in [-0.15, -0.1) is 0 Å². The molecule has 172 valence electrons. The smallest absolute Gasteiger partial charge is 0.334 e. The molecule has 0 saturated carbocycles. The van der Waals surface area contributed by atoms with Crippen molar-refractivity contribution in [1.29, 1.82) is 0 Å². The number of hydrogen-bond donors (Lipinski definition) is 0. The maximum absolute atomic E-state index is 14.9. The summed E-state index contributed by atoms with van der Waals surface area (Å²) < 4.78 is 37.2. The van der Waals surface area contributed by atoms with Crippen LogP contribution in [0.3, 0.4) is 0 Å². The fourth-order valence-corrected chi connectivity index (χ4v) is 4.31. The molecule has 1 atom stereocenters. The maximum atomic E-state index is 14.9. The highest BCUT2D eigenvalue weighted by Gasteiger charge is 2.30. The molecule has 1 fully saturated rings. The van der Waals surface area contributed by atoms with Crippen LogP contribution in [0.1, 0.15) is 12.5 Å². The van der Waals surface area contributed by atoms with Gasteiger partial charge >= 0.3 is 5.69 Å². The average Bonchev–Trinajstić information content (AvgIpc) is 3.43. The molecule has 0 aliphatic carbocycles. The Morgan fingerprint density at radius 2 is 1.88 bits per heavy atom. The SMILES string of the molecule is C=CC(=O)N1CCC(n2c(=O)n(-c3ccc(Oc4ccccc4F)c(F)c3)c3cnccc32)C1. The third-order valence-corrected chi connectivity index (χ3v) is 5.92. The van der Waals surface area contributed by atoms with Gasteiger partial charge in [-0.25, -0.2) is 13.6 Å². The molecule has 1 aliphatic heterocycles. The van der Waals surface area contributed by atoms with Gasteiger partial charge in [0.05, 0.1) is 29.0 Å². The minimum Gasteiger partial charge on any atom is -0.451 e. The first-order valence-electron chi connectivity index (χ1n) is 10.7. The molecule has 0 bridgehead atoms. The first-order chi connectivity index (χ1) is 16.5. The molecule has 4 aromatic rings. The van der Waals surface area contributed by atoms with Crippen LogP contribution in [-0.4, -0.2) is 38.0 Å². The Balaban J connectivity index is 1.55. The summed E-state index contributed by atoms with van der Waals surface area (Å²) in [5, 5.41) is 0. The molecule has 1 aliphatic rings. The first kappa shape index (κ1) is 21.6. The van der Waals surface area contributed by atoms with E-state index in [0.717, 1.165) is 6.07 Å². The van der Waals surface area contributed by atoms with Crippen molar-refractivity contribution >= 4 is 16.9 Å². The first-order valence-corrected chi connectivity index (χ1v) is 10.7. The number of hydrogen-bond acceptors (Lipinski definition) is 4. The van der Waals surface area contributed by atoms with Crippen molar-refractivity contribution in [2.75, 3.05) is 13.1 Å². The standard InChI is InChI=1S/C25H20F2N4O3/c1-2-24(32)29-12-10-17(15-29)31-20-9-11-28-14-21(20)30(25(31)33)16-7-8-23(19(27)13-16)34-22-6-4-3-5-18(22)26/h2-9,11,13-14,17H,1,10,12,15H2. The van der Waals surface area contributed by atoms with Crippen molar-refractivity contribution in [1.82, 2.24) is 19.0 Å². The van der Waals surface area contributed by atoms with Crippen molar-refractivity contribution in [2.45, 2.75) is 12.5 Å². The number of carbonyl (C=O) groups excluding carboxylic acids is 1. The van der Waals surface area contributed by atoms with Crippen LogP contribution in [0.25, 0.3) is 16.7 Å². The fourth-order valence-electron chi connectivity index (χ4n) is 4.31. The van der Waals surface area contributed by atoms with Crippen LogP contribution in [0.15, 0.2) is 78.4 Å². The monoisotopic (exact) mass is 462 g/mol. The van der Waals surface area contributed by atoms with Crippen LogP contribution in [0.4, 0.5) is 8.78 Å². The van der Waals surface area contributed by atoms with Crippen LogP contribution < -0.4 is 10.4 Å². The van der Waals surface area contributed by atoms with E-state index in [1.807, 2.05) is 0 Å². The minimum atomic E-state index is -0.749. The lowest BCUT2D eigenvalue weighted by Gasteiger charge is -2.15. The molecule has 0 spiro atoms. The number of fused-ring (bicyclic) bond motifs is 1. The number of rotatable bonds is 5. The molecule has 0 radical (unpaired) electrons. The summed E-state index contributed by atoms with van der Waals surface area (Å²) in [7, 11) is 0. The largest absolute Gasteiger partial charge is 0.451 e. The number of pyridine rings is 1. The number of halogens is 2. The molecule has 1 amide bonds. The van der Waals surface area contributed by atoms with Crippen molar-refractivity contribution < 1.29 is 18.3 Å². The summed E-state index contributed by atoms with van der Waals surface area (Å²) >= 11 is 0. The summed E-state index contributed by atoms with van der Waals surface area (Å²) in [6.45, 7) is 4.40. The molecule has 7 nitrogen and oxygen atoms in total. The third kappa shape index (κ3) is 3.64. The predicted molar refractivity (Wildman–Crippen MR) is 122 cm³/mol. The molecule has 0 N–H and O–H groups in total. The number of carbonyl (C=O) groups is 1. The van der Waals surface area contributed by atoms with Gasteiger partial charge in [0, 0.05) is 25.4 Å². The van der Waals surface area contributed by atoms with Gasteiger partial charge in [0.25, 0.3) is 0 Å². The summed E-state index contributed by atoms with van der Waals surface area (Å²) in [6.07, 6.45) is 4.98. The van der Waals surface area contributed by atoms with Gasteiger partial charge < -0.3 is 9.64 Å². The molecule has 5 rings (SSSR count). The van der Waals surface area contributed by atoms with Gasteiger partial charge in [0.2, 0.25) is 5.91 Å². The highest BCUT2D eigenvalue weighted by Crippen LogP contribution is 2.30. The number of benzene rings is 2. The van der Waals surface area contributed by atoms with Gasteiger partial charge in [-0.1, -0.05) is 18.7 Å². The Kier molecular flexibility index (Phi) is 5.45. The lowest BCUT2D eigenvalue weighted by molar-refractivity contribution is -0.125. The highest BCUT2D eigenvalue weighted by atomic mass is 19.1. The molecule has 1 saturated heterocycles. The number of para-hydroxylation sites is 1. The Labute approximate surface area is 193 Å². The number of amides is 1. The number of aromatic nitrogens is 3. The summed E-state index contributed by atoms with van der Waals surface area (Å²) in [4.78, 5) is 31.3. The molecular formula is C25H20F2N4O3. The zero-order chi connectivity index (χ0) is 23.8. The molecule has 2 aromatic heterocycles. The Bertz CT molecular complexity index is 1480. The zero-order valence-corrected chi connectivity index (χ0v) is 18.0. The number of nitrogens with zero attached hydrogens (tertiary/aromatic N) is 4. The van der Waals surface area contributed by atoms with Crippen molar-refractivity contribution in [2.24, 2.45) is 0 Å². The summed E-state index contributed by atoms with van der Waals surface area (Å²) in [6, 6.07) is 11.2. The van der Waals surface area contributed by atoms with Gasteiger partial charge in [-0.2, -0.15) is 0 Å². The summed E-state index contributed by atoms with van der Waals surface area (Å²) in [5.74, 6) is -1.82. The van der Waals surface area contributed by atoms with Crippen molar-refractivity contribution in [3.63, 3.8) is 0 Å². The van der Waals surface area contributed by atoms with Gasteiger partial charge in [-0.3, -0.25) is 18.9 Å². The zero-order valence-electron chi connectivity index (χ0n) is 18.0. The number of imidazole rings is 1. The van der Waals surface area contributed by atoms with Gasteiger partial charge in [0.1, 0.15) is 0 Å². The molecule has 34 heavy (non-hydrogen) atoms. The van der Waals surface area contributed by atoms with E-state index in [1.165, 1.54) is 47.2 Å². The van der Waals surface area contributed by atoms with E-state index in [9.17, 15) is 18.4 Å². The van der Waals surface area contributed by atoms with Crippen LogP contribution in [0.5, 0.6) is 11.5 Å². The third-order valence-electron chi connectivity index (χ3n) is 5.92. The maximum Gasteiger partial charge on any atom is 0.334 e. The Morgan fingerprint density at radius 1 is 1.09 bits per heavy atom. The highest BCUT2D eigenvalue weighted by molar-refractivity contribution is 5.87. The molecule has 3 heterocycles. The van der Waals surface area contributed by atoms with Crippen LogP contribution in [0, 0.1) is 11.6 Å². The predicted octanol–water partition coefficient (Wildman–Crippen LogP) is 4.22. The van der Waals surface area contributed by atoms with E-state index in [1.54, 1.807) is 27.8 Å². The van der Waals surface area contributed by atoms with Crippen LogP contribution in [0.2, 0.25) is 0 Å². The van der Waals surface area contributed by atoms with Crippen LogP contribution >= 0.6 is 0 Å². The van der Waals surface area contributed by atoms with E-state index in [-0.39, 0.29) is 34.8 Å². The quantitative estimate of drug-likeness (QED) is 0.417. The van der Waals surface area contributed by atoms with Crippen LogP contribution in [-0.2, 0) is 4.79 Å². The molecular weight excluding hydrogens is 442 g/mol. The normalized spacial score (nSPS) is 15.6. The van der Waals surface area contributed by atoms with E-state index < -0.39 is 11.6 Å². The second-order valence-electron chi connectivity index (χ2n) is 7.93. The van der Waals surface area contributed by atoms with E-state index >= 15 is 0 Å². The molecule has 9 heteroatoms. The number of ether oxygens (including phenoxy) is 1. The topological polar surface area (TPSA) is 69.4 Å². The van der Waals surface area contributed by atoms with E-state index in [2.05, 4.69) is 11.6 Å². The van der Waals surface area contributed by atoms with Crippen molar-refractivity contribution in [3.05, 3.63) is 95.7 Å². The minimum absolute atomic E-state index is 0.105. The van der Waals surface area contributed by atoms with Gasteiger partial charge in [0.15, 0.2) is 23.1 Å². The lowest BCUT2D eigenvalue weighted by atomic mass is 10.2. The van der Waals surface area contributed by atoms with E-state index in [4.69, 9.17) is 4.74 Å². The summed E-state index contributed by atoms with van der Waals surface area (Å²) in [5.41, 5.74) is 1.04. The lowest BCUT2D eigenvalue weighted by Crippen LogP contribution is -2.31. The molecule has 2 aromatic carbocycles. The van der Waals surface area contributed by atoms with Gasteiger partial charge in [-0.05, 0) is 42.8 Å². The second-order valence-corrected chi connectivity index (χ2v) is 7.93. The van der Waals surface area contributed by atoms with Crippen molar-refractivity contribution in [3.8, 4) is 17.2 Å². The van der Waals surface area contributed by atoms with E-state index in [0.29, 0.717) is 30.5 Å². The number of likely N-dealkylation sites (tertiary alicyclic amines) is 1. The second kappa shape index (κ2) is 8.58.